The van der Waals surface area contributed by atoms with Crippen LogP contribution < -0.4 is 0 Å². The summed E-state index contributed by atoms with van der Waals surface area (Å²) in [6.07, 6.45) is -3.75. The van der Waals surface area contributed by atoms with Crippen molar-refractivity contribution < 1.29 is 24.9 Å². The molecule has 6 heteroatoms. The maximum absolute atomic E-state index is 10.9. The summed E-state index contributed by atoms with van der Waals surface area (Å²) in [7, 11) is 0. The van der Waals surface area contributed by atoms with Crippen molar-refractivity contribution in [1.29, 1.82) is 0 Å². The molecule has 0 bridgehead atoms. The smallest absolute Gasteiger partial charge is 0.203 e. The SMILES string of the molecule is O=C1[C@@H](O)[C@H](O)[C@@H](CO)O[C@@H]1Br. The van der Waals surface area contributed by atoms with Gasteiger partial charge in [0.2, 0.25) is 5.78 Å². The highest BCUT2D eigenvalue weighted by Crippen LogP contribution is 2.20. The van der Waals surface area contributed by atoms with Gasteiger partial charge in [-0.15, -0.1) is 0 Å². The molecule has 1 aliphatic rings. The van der Waals surface area contributed by atoms with E-state index in [9.17, 15) is 4.79 Å². The number of ether oxygens (including phenoxy) is 1. The van der Waals surface area contributed by atoms with Crippen molar-refractivity contribution in [3.63, 3.8) is 0 Å². The average Bonchev–Trinajstić information content (AvgIpc) is 2.08. The summed E-state index contributed by atoms with van der Waals surface area (Å²) in [6, 6.07) is 0. The molecule has 1 rings (SSSR count). The van der Waals surface area contributed by atoms with Crippen molar-refractivity contribution in [2.75, 3.05) is 6.61 Å². The monoisotopic (exact) mass is 240 g/mol. The van der Waals surface area contributed by atoms with Crippen molar-refractivity contribution in [3.05, 3.63) is 0 Å². The molecule has 1 saturated heterocycles. The van der Waals surface area contributed by atoms with Gasteiger partial charge in [-0.25, -0.2) is 0 Å². The third kappa shape index (κ3) is 1.67. The van der Waals surface area contributed by atoms with Gasteiger partial charge in [0.25, 0.3) is 0 Å². The molecule has 0 aromatic carbocycles. The Morgan fingerprint density at radius 2 is 2.08 bits per heavy atom. The number of carbonyl (C=O) groups is 1. The summed E-state index contributed by atoms with van der Waals surface area (Å²) < 4.78 is 4.84. The van der Waals surface area contributed by atoms with E-state index in [0.717, 1.165) is 0 Å². The molecule has 0 aromatic rings. The van der Waals surface area contributed by atoms with Gasteiger partial charge in [0.15, 0.2) is 5.01 Å². The predicted molar refractivity (Wildman–Crippen MR) is 41.7 cm³/mol. The molecule has 70 valence electrons. The lowest BCUT2D eigenvalue weighted by Gasteiger charge is -2.32. The zero-order valence-corrected chi connectivity index (χ0v) is 7.64. The number of Topliss-reactive ketones (excluding diaryl/α,β-unsaturated/α-hetero) is 1. The van der Waals surface area contributed by atoms with Crippen LogP contribution in [0.2, 0.25) is 0 Å². The lowest BCUT2D eigenvalue weighted by Crippen LogP contribution is -2.54. The average molecular weight is 241 g/mol. The molecule has 0 aromatic heterocycles. The van der Waals surface area contributed by atoms with E-state index in [2.05, 4.69) is 15.9 Å². The second-order valence-electron chi connectivity index (χ2n) is 2.51. The van der Waals surface area contributed by atoms with E-state index in [1.54, 1.807) is 0 Å². The van der Waals surface area contributed by atoms with E-state index < -0.39 is 35.7 Å². The van der Waals surface area contributed by atoms with Crippen LogP contribution in [0.1, 0.15) is 0 Å². The van der Waals surface area contributed by atoms with E-state index in [1.165, 1.54) is 0 Å². The number of hydrogen-bond acceptors (Lipinski definition) is 5. The summed E-state index contributed by atoms with van der Waals surface area (Å²) >= 11 is 2.85. The molecule has 4 atom stereocenters. The van der Waals surface area contributed by atoms with Crippen LogP contribution in [-0.4, -0.2) is 51.0 Å². The number of ketones is 1. The Morgan fingerprint density at radius 1 is 1.50 bits per heavy atom. The summed E-state index contributed by atoms with van der Waals surface area (Å²) in [6.45, 7) is -0.437. The standard InChI is InChI=1S/C6H9BrO5/c7-6-5(11)4(10)3(9)2(1-8)12-6/h2-4,6,8-10H,1H2/t2-,3-,4+,6+/m1/s1. The summed E-state index contributed by atoms with van der Waals surface area (Å²) in [5, 5.41) is 26.0. The first-order valence-corrected chi connectivity index (χ1v) is 4.29. The minimum Gasteiger partial charge on any atom is -0.394 e. The van der Waals surface area contributed by atoms with Gasteiger partial charge in [0, 0.05) is 0 Å². The number of carbonyl (C=O) groups excluding carboxylic acids is 1. The molecule has 3 N–H and O–H groups in total. The topological polar surface area (TPSA) is 87.0 Å². The zero-order chi connectivity index (χ0) is 9.30. The Balaban J connectivity index is 2.70. The van der Waals surface area contributed by atoms with Crippen molar-refractivity contribution in [2.45, 2.75) is 23.3 Å². The molecule has 0 unspecified atom stereocenters. The number of hydrogen-bond donors (Lipinski definition) is 3. The Hall–Kier alpha value is -0.01000. The van der Waals surface area contributed by atoms with Crippen molar-refractivity contribution in [2.24, 2.45) is 0 Å². The van der Waals surface area contributed by atoms with Crippen molar-refractivity contribution in [1.82, 2.24) is 0 Å². The number of aliphatic hydroxyl groups excluding tert-OH is 3. The number of aliphatic hydroxyl groups is 3. The first-order valence-electron chi connectivity index (χ1n) is 3.38. The van der Waals surface area contributed by atoms with Crippen molar-refractivity contribution in [3.8, 4) is 0 Å². The molecule has 5 nitrogen and oxygen atoms in total. The van der Waals surface area contributed by atoms with Crippen LogP contribution in [0.5, 0.6) is 0 Å². The molecule has 0 saturated carbocycles. The van der Waals surface area contributed by atoms with Gasteiger partial charge in [-0.1, -0.05) is 0 Å². The normalized spacial score (nSPS) is 43.2. The molecule has 12 heavy (non-hydrogen) atoms. The number of rotatable bonds is 1. The van der Waals surface area contributed by atoms with E-state index in [-0.39, 0.29) is 0 Å². The highest BCUT2D eigenvalue weighted by molar-refractivity contribution is 9.09. The maximum atomic E-state index is 10.9. The molecule has 0 radical (unpaired) electrons. The van der Waals surface area contributed by atoms with Gasteiger partial charge >= 0.3 is 0 Å². The maximum Gasteiger partial charge on any atom is 0.203 e. The Morgan fingerprint density at radius 3 is 2.58 bits per heavy atom. The molecular formula is C6H9BrO5. The summed E-state index contributed by atoms with van der Waals surface area (Å²) in [4.78, 5) is 10.9. The Bertz CT molecular complexity index is 185. The quantitative estimate of drug-likeness (QED) is 0.481. The summed E-state index contributed by atoms with van der Waals surface area (Å²) in [5.74, 6) is -0.632. The lowest BCUT2D eigenvalue weighted by molar-refractivity contribution is -0.174. The zero-order valence-electron chi connectivity index (χ0n) is 6.05. The Kier molecular flexibility index (Phi) is 3.19. The van der Waals surface area contributed by atoms with Crippen LogP contribution >= 0.6 is 15.9 Å². The minimum atomic E-state index is -1.49. The highest BCUT2D eigenvalue weighted by Gasteiger charge is 2.41. The fourth-order valence-corrected chi connectivity index (χ4v) is 1.51. The third-order valence-corrected chi connectivity index (χ3v) is 2.36. The van der Waals surface area contributed by atoms with Gasteiger partial charge in [0.1, 0.15) is 18.3 Å². The highest BCUT2D eigenvalue weighted by atomic mass is 79.9. The minimum absolute atomic E-state index is 0.437. The van der Waals surface area contributed by atoms with Crippen LogP contribution in [-0.2, 0) is 9.53 Å². The second-order valence-corrected chi connectivity index (χ2v) is 3.34. The van der Waals surface area contributed by atoms with Gasteiger partial charge in [-0.2, -0.15) is 0 Å². The molecule has 1 fully saturated rings. The van der Waals surface area contributed by atoms with Crippen molar-refractivity contribution >= 4 is 21.7 Å². The van der Waals surface area contributed by atoms with E-state index in [0.29, 0.717) is 0 Å². The van der Waals surface area contributed by atoms with E-state index in [4.69, 9.17) is 20.1 Å². The first-order chi connectivity index (χ1) is 5.57. The molecule has 1 aliphatic heterocycles. The molecule has 0 aliphatic carbocycles. The largest absolute Gasteiger partial charge is 0.394 e. The lowest BCUT2D eigenvalue weighted by atomic mass is 10.0. The van der Waals surface area contributed by atoms with Gasteiger partial charge in [-0.3, -0.25) is 4.79 Å². The van der Waals surface area contributed by atoms with E-state index in [1.807, 2.05) is 0 Å². The van der Waals surface area contributed by atoms with Crippen LogP contribution in [0.25, 0.3) is 0 Å². The Labute approximate surface area is 77.1 Å². The van der Waals surface area contributed by atoms with Crippen LogP contribution in [0.3, 0.4) is 0 Å². The van der Waals surface area contributed by atoms with Gasteiger partial charge < -0.3 is 20.1 Å². The fraction of sp³-hybridized carbons (Fsp3) is 0.833. The number of halogens is 1. The van der Waals surface area contributed by atoms with Crippen LogP contribution in [0.15, 0.2) is 0 Å². The van der Waals surface area contributed by atoms with Crippen LogP contribution in [0, 0.1) is 0 Å². The van der Waals surface area contributed by atoms with Gasteiger partial charge in [-0.05, 0) is 15.9 Å². The molecule has 0 spiro atoms. The first kappa shape index (κ1) is 10.1. The second kappa shape index (κ2) is 3.80. The molecule has 0 amide bonds. The summed E-state index contributed by atoms with van der Waals surface area (Å²) in [5.41, 5.74) is 0. The number of alkyl halides is 1. The predicted octanol–water partition coefficient (Wildman–Crippen LogP) is -1.61. The molecular weight excluding hydrogens is 232 g/mol. The fourth-order valence-electron chi connectivity index (χ4n) is 0.958. The third-order valence-electron chi connectivity index (χ3n) is 1.69. The van der Waals surface area contributed by atoms with E-state index >= 15 is 0 Å². The molecule has 1 heterocycles. The van der Waals surface area contributed by atoms with Gasteiger partial charge in [0.05, 0.1) is 6.61 Å². The van der Waals surface area contributed by atoms with Crippen LogP contribution in [0.4, 0.5) is 0 Å².